The van der Waals surface area contributed by atoms with Gasteiger partial charge in [-0.1, -0.05) is 62.4 Å². The fourth-order valence-electron chi connectivity index (χ4n) is 3.38. The van der Waals surface area contributed by atoms with Gasteiger partial charge in [0.25, 0.3) is 0 Å². The van der Waals surface area contributed by atoms with E-state index in [0.717, 1.165) is 12.7 Å². The molecule has 0 aliphatic carbocycles. The minimum Gasteiger partial charge on any atom is -0.467 e. The highest BCUT2D eigenvalue weighted by Gasteiger charge is 2.40. The molecule has 0 heterocycles. The van der Waals surface area contributed by atoms with Crippen LogP contribution in [0, 0.1) is 11.3 Å². The molecule has 0 saturated carbocycles. The average Bonchev–Trinajstić information content (AvgIpc) is 2.73. The third-order valence-electron chi connectivity index (χ3n) is 5.16. The second kappa shape index (κ2) is 12.3. The fraction of sp³-hybridized carbons (Fsp3) is 0.500. The summed E-state index contributed by atoms with van der Waals surface area (Å²) in [4.78, 5) is 38.4. The third-order valence-corrected chi connectivity index (χ3v) is 5.16. The van der Waals surface area contributed by atoms with Crippen LogP contribution < -0.4 is 10.6 Å². The van der Waals surface area contributed by atoms with Gasteiger partial charge in [-0.2, -0.15) is 0 Å². The van der Waals surface area contributed by atoms with E-state index in [0.29, 0.717) is 6.42 Å². The Morgan fingerprint density at radius 3 is 2.21 bits per heavy atom. The molecule has 2 amide bonds. The number of allylic oxidation sites excluding steroid dienone is 2. The maximum Gasteiger partial charge on any atom is 0.335 e. The number of rotatable bonds is 11. The Bertz CT molecular complexity index is 840. The van der Waals surface area contributed by atoms with E-state index in [1.165, 1.54) is 0 Å². The molecule has 1 aromatic carbocycles. The number of benzene rings is 1. The van der Waals surface area contributed by atoms with Crippen LogP contribution in [-0.2, 0) is 19.1 Å². The zero-order valence-electron chi connectivity index (χ0n) is 20.6. The molecule has 182 valence electrons. The van der Waals surface area contributed by atoms with Crippen molar-refractivity contribution in [2.75, 3.05) is 7.11 Å². The molecule has 7 nitrogen and oxygen atoms in total. The van der Waals surface area contributed by atoms with Gasteiger partial charge in [0.2, 0.25) is 11.8 Å². The first-order valence-electron chi connectivity index (χ1n) is 11.0. The van der Waals surface area contributed by atoms with Crippen molar-refractivity contribution in [3.63, 3.8) is 0 Å². The molecule has 1 unspecified atom stereocenters. The van der Waals surface area contributed by atoms with Gasteiger partial charge in [-0.05, 0) is 44.6 Å². The molecule has 0 aliphatic rings. The van der Waals surface area contributed by atoms with Gasteiger partial charge >= 0.3 is 5.97 Å². The Kier molecular flexibility index (Phi) is 10.5. The Morgan fingerprint density at radius 1 is 1.09 bits per heavy atom. The van der Waals surface area contributed by atoms with Gasteiger partial charge in [-0.3, -0.25) is 9.59 Å². The molecule has 3 atom stereocenters. The number of ether oxygens (including phenoxy) is 1. The van der Waals surface area contributed by atoms with Gasteiger partial charge in [-0.15, -0.1) is 6.58 Å². The number of aliphatic hydroxyl groups excluding tert-OH is 1. The topological polar surface area (TPSA) is 105 Å². The van der Waals surface area contributed by atoms with E-state index in [1.54, 1.807) is 18.2 Å². The first-order valence-corrected chi connectivity index (χ1v) is 11.0. The highest BCUT2D eigenvalue weighted by molar-refractivity contribution is 5.92. The first kappa shape index (κ1) is 28.1. The maximum absolute atomic E-state index is 13.3. The Morgan fingerprint density at radius 2 is 1.70 bits per heavy atom. The summed E-state index contributed by atoms with van der Waals surface area (Å²) in [5.74, 6) is -3.02. The van der Waals surface area contributed by atoms with E-state index in [1.807, 2.05) is 65.0 Å². The predicted octanol–water partition coefficient (Wildman–Crippen LogP) is 3.24. The summed E-state index contributed by atoms with van der Waals surface area (Å²) in [7, 11) is 1.15. The summed E-state index contributed by atoms with van der Waals surface area (Å²) in [6.07, 6.45) is 4.07. The third kappa shape index (κ3) is 9.22. The van der Waals surface area contributed by atoms with E-state index < -0.39 is 40.9 Å². The number of hydrogen-bond acceptors (Lipinski definition) is 5. The summed E-state index contributed by atoms with van der Waals surface area (Å²) in [5.41, 5.74) is -0.250. The highest BCUT2D eigenvalue weighted by atomic mass is 16.5. The monoisotopic (exact) mass is 458 g/mol. The molecule has 7 heteroatoms. The molecular weight excluding hydrogens is 420 g/mol. The fourth-order valence-corrected chi connectivity index (χ4v) is 3.38. The highest BCUT2D eigenvalue weighted by Crippen LogP contribution is 2.27. The normalized spacial score (nSPS) is 14.8. The molecule has 0 fully saturated rings. The molecule has 1 aromatic rings. The number of esters is 1. The van der Waals surface area contributed by atoms with Gasteiger partial charge in [0.05, 0.1) is 13.0 Å². The summed E-state index contributed by atoms with van der Waals surface area (Å²) in [6, 6.07) is 8.54. The molecule has 0 spiro atoms. The summed E-state index contributed by atoms with van der Waals surface area (Å²) in [5, 5.41) is 16.2. The summed E-state index contributed by atoms with van der Waals surface area (Å²) in [6.45, 7) is 13.0. The lowest BCUT2D eigenvalue weighted by atomic mass is 9.79. The predicted molar refractivity (Wildman–Crippen MR) is 130 cm³/mol. The lowest BCUT2D eigenvalue weighted by Gasteiger charge is -2.36. The lowest BCUT2D eigenvalue weighted by molar-refractivity contribution is -0.157. The molecule has 0 aromatic heterocycles. The zero-order chi connectivity index (χ0) is 25.2. The number of aliphatic hydroxyl groups is 1. The number of carbonyl (C=O) groups excluding carboxylic acids is 3. The maximum atomic E-state index is 13.3. The molecule has 0 saturated heterocycles. The van der Waals surface area contributed by atoms with Gasteiger partial charge in [0.1, 0.15) is 6.04 Å². The van der Waals surface area contributed by atoms with Crippen molar-refractivity contribution in [1.82, 2.24) is 10.6 Å². The molecule has 0 aliphatic heterocycles. The number of carbonyl (C=O) groups is 3. The van der Waals surface area contributed by atoms with Crippen LogP contribution in [0.1, 0.15) is 53.0 Å². The quantitative estimate of drug-likeness (QED) is 0.349. The molecular formula is C26H38N2O5. The van der Waals surface area contributed by atoms with Gasteiger partial charge in [0, 0.05) is 5.54 Å². The van der Waals surface area contributed by atoms with Crippen molar-refractivity contribution in [2.45, 2.75) is 65.1 Å². The van der Waals surface area contributed by atoms with Crippen LogP contribution in [0.25, 0.3) is 6.08 Å². The van der Waals surface area contributed by atoms with Crippen molar-refractivity contribution >= 4 is 23.9 Å². The van der Waals surface area contributed by atoms with Crippen molar-refractivity contribution in [2.24, 2.45) is 11.3 Å². The summed E-state index contributed by atoms with van der Waals surface area (Å²) < 4.78 is 4.65. The number of hydrogen-bond donors (Lipinski definition) is 3. The number of amides is 2. The molecule has 3 N–H and O–H groups in total. The van der Waals surface area contributed by atoms with Gasteiger partial charge in [-0.25, -0.2) is 4.79 Å². The van der Waals surface area contributed by atoms with Crippen molar-refractivity contribution in [1.29, 1.82) is 0 Å². The molecule has 1 rings (SSSR count). The van der Waals surface area contributed by atoms with E-state index in [-0.39, 0.29) is 12.3 Å². The van der Waals surface area contributed by atoms with Crippen LogP contribution in [0.15, 0.2) is 49.1 Å². The van der Waals surface area contributed by atoms with Crippen molar-refractivity contribution < 1.29 is 24.2 Å². The molecule has 0 bridgehead atoms. The SMILES string of the molecule is C=CCC(C)(C)C(NC(=O)[C@H](C/C=C/c1ccccc1)[C@H](O)C(=O)OC)C(=O)NC(C)(C)C. The van der Waals surface area contributed by atoms with Gasteiger partial charge in [0.15, 0.2) is 6.10 Å². The van der Waals surface area contributed by atoms with Crippen molar-refractivity contribution in [3.8, 4) is 0 Å². The number of nitrogens with one attached hydrogen (secondary N) is 2. The van der Waals surface area contributed by atoms with Crippen LogP contribution in [0.2, 0.25) is 0 Å². The van der Waals surface area contributed by atoms with Crippen LogP contribution in [-0.4, -0.2) is 47.7 Å². The molecule has 0 radical (unpaired) electrons. The average molecular weight is 459 g/mol. The first-order chi connectivity index (χ1) is 15.3. The van der Waals surface area contributed by atoms with E-state index in [2.05, 4.69) is 21.9 Å². The lowest BCUT2D eigenvalue weighted by Crippen LogP contribution is -2.59. The Hall–Kier alpha value is -2.93. The van der Waals surface area contributed by atoms with Crippen molar-refractivity contribution in [3.05, 3.63) is 54.6 Å². The van der Waals surface area contributed by atoms with E-state index in [9.17, 15) is 19.5 Å². The van der Waals surface area contributed by atoms with Crippen LogP contribution in [0.4, 0.5) is 0 Å². The zero-order valence-corrected chi connectivity index (χ0v) is 20.6. The molecule has 33 heavy (non-hydrogen) atoms. The second-order valence-electron chi connectivity index (χ2n) is 9.79. The standard InChI is InChI=1S/C26H38N2O5/c1-8-17-26(5,6)21(23(31)28-25(2,3)4)27-22(30)19(20(29)24(32)33-7)16-12-15-18-13-10-9-11-14-18/h8-15,19-21,29H,1,16-17H2,2-7H3,(H,27,30)(H,28,31)/b15-12+/t19-,20+,21?/m1/s1. The largest absolute Gasteiger partial charge is 0.467 e. The minimum absolute atomic E-state index is 0.0759. The van der Waals surface area contributed by atoms with Crippen LogP contribution >= 0.6 is 0 Å². The van der Waals surface area contributed by atoms with E-state index >= 15 is 0 Å². The Labute approximate surface area is 197 Å². The van der Waals surface area contributed by atoms with Gasteiger partial charge < -0.3 is 20.5 Å². The second-order valence-corrected chi connectivity index (χ2v) is 9.79. The van der Waals surface area contributed by atoms with Crippen LogP contribution in [0.5, 0.6) is 0 Å². The minimum atomic E-state index is -1.68. The van der Waals surface area contributed by atoms with E-state index in [4.69, 9.17) is 0 Å². The van der Waals surface area contributed by atoms with Crippen LogP contribution in [0.3, 0.4) is 0 Å². The Balaban J connectivity index is 3.19. The number of methoxy groups -OCH3 is 1. The summed E-state index contributed by atoms with van der Waals surface area (Å²) >= 11 is 0. The smallest absolute Gasteiger partial charge is 0.335 e.